The van der Waals surface area contributed by atoms with Crippen LogP contribution < -0.4 is 10.1 Å². The molecule has 1 aliphatic heterocycles. The van der Waals surface area contributed by atoms with E-state index in [0.717, 1.165) is 49.7 Å². The van der Waals surface area contributed by atoms with Gasteiger partial charge in [-0.3, -0.25) is 9.69 Å². The van der Waals surface area contributed by atoms with Crippen molar-refractivity contribution in [3.63, 3.8) is 0 Å². The first-order valence-corrected chi connectivity index (χ1v) is 10.4. The van der Waals surface area contributed by atoms with Crippen LogP contribution in [0, 0.1) is 0 Å². The maximum absolute atomic E-state index is 12.8. The molecule has 0 spiro atoms. The normalized spacial score (nSPS) is 15.1. The number of nitrogens with zero attached hydrogens (tertiary/aromatic N) is 1. The van der Waals surface area contributed by atoms with Crippen molar-refractivity contribution in [1.82, 2.24) is 10.2 Å². The van der Waals surface area contributed by atoms with Crippen molar-refractivity contribution in [2.75, 3.05) is 39.5 Å². The zero-order chi connectivity index (χ0) is 20.7. The monoisotopic (exact) mass is 416 g/mol. The van der Waals surface area contributed by atoms with E-state index in [1.807, 2.05) is 62.4 Å². The first-order valence-electron chi connectivity index (χ1n) is 10.0. The maximum atomic E-state index is 12.8. The Kier molecular flexibility index (Phi) is 7.53. The number of morpholine rings is 1. The van der Waals surface area contributed by atoms with Gasteiger partial charge in [0, 0.05) is 31.2 Å². The van der Waals surface area contributed by atoms with Crippen LogP contribution in [0.2, 0.25) is 5.02 Å². The molecule has 0 aromatic heterocycles. The highest BCUT2D eigenvalue weighted by atomic mass is 35.5. The van der Waals surface area contributed by atoms with Crippen molar-refractivity contribution in [1.29, 1.82) is 0 Å². The van der Waals surface area contributed by atoms with Gasteiger partial charge in [-0.15, -0.1) is 0 Å². The van der Waals surface area contributed by atoms with Crippen LogP contribution in [0.5, 0.6) is 5.75 Å². The fourth-order valence-corrected chi connectivity index (χ4v) is 3.39. The minimum Gasteiger partial charge on any atom is -0.492 e. The highest BCUT2D eigenvalue weighted by Crippen LogP contribution is 2.25. The summed E-state index contributed by atoms with van der Waals surface area (Å²) in [5.74, 6) is 0.792. The van der Waals surface area contributed by atoms with Crippen LogP contribution >= 0.6 is 11.6 Å². The minimum absolute atomic E-state index is 0.0292. The summed E-state index contributed by atoms with van der Waals surface area (Å²) in [5, 5.41) is 3.70. The highest BCUT2D eigenvalue weighted by molar-refractivity contribution is 6.30. The van der Waals surface area contributed by atoms with Gasteiger partial charge >= 0.3 is 0 Å². The van der Waals surface area contributed by atoms with E-state index >= 15 is 0 Å². The second-order valence-electron chi connectivity index (χ2n) is 7.76. The zero-order valence-corrected chi connectivity index (χ0v) is 17.9. The number of benzene rings is 2. The topological polar surface area (TPSA) is 50.8 Å². The Bertz CT molecular complexity index is 802. The lowest BCUT2D eigenvalue weighted by Gasteiger charge is -2.26. The van der Waals surface area contributed by atoms with Gasteiger partial charge in [0.1, 0.15) is 12.4 Å². The molecule has 0 unspecified atom stereocenters. The van der Waals surface area contributed by atoms with Gasteiger partial charge in [0.05, 0.1) is 18.6 Å². The molecule has 0 atom stereocenters. The Hall–Kier alpha value is -2.08. The molecule has 0 saturated carbocycles. The average Bonchev–Trinajstić information content (AvgIpc) is 2.73. The van der Waals surface area contributed by atoms with Crippen molar-refractivity contribution in [2.24, 2.45) is 0 Å². The molecule has 29 heavy (non-hydrogen) atoms. The average molecular weight is 417 g/mol. The summed E-state index contributed by atoms with van der Waals surface area (Å²) in [7, 11) is 0. The standard InChI is InChI=1S/C23H29ClN2O3/c1-23(2,19-6-8-20(24)9-7-19)22(27)25-17-18-4-3-5-21(16-18)29-15-12-26-10-13-28-14-11-26/h3-9,16H,10-15,17H2,1-2H3,(H,25,27). The summed E-state index contributed by atoms with van der Waals surface area (Å²) in [6, 6.07) is 15.3. The van der Waals surface area contributed by atoms with Crippen molar-refractivity contribution < 1.29 is 14.3 Å². The van der Waals surface area contributed by atoms with Gasteiger partial charge in [0.2, 0.25) is 5.91 Å². The summed E-state index contributed by atoms with van der Waals surface area (Å²) in [6.07, 6.45) is 0. The van der Waals surface area contributed by atoms with Gasteiger partial charge < -0.3 is 14.8 Å². The lowest BCUT2D eigenvalue weighted by molar-refractivity contribution is -0.125. The van der Waals surface area contributed by atoms with Crippen molar-refractivity contribution in [3.8, 4) is 5.75 Å². The Morgan fingerprint density at radius 1 is 1.17 bits per heavy atom. The van der Waals surface area contributed by atoms with E-state index in [4.69, 9.17) is 21.1 Å². The molecule has 1 fully saturated rings. The predicted octanol–water partition coefficient (Wildman–Crippen LogP) is 3.65. The van der Waals surface area contributed by atoms with E-state index in [9.17, 15) is 4.79 Å². The molecular weight excluding hydrogens is 388 g/mol. The number of nitrogens with one attached hydrogen (secondary N) is 1. The first kappa shape index (κ1) is 21.6. The van der Waals surface area contributed by atoms with Gasteiger partial charge in [-0.25, -0.2) is 0 Å². The third-order valence-electron chi connectivity index (χ3n) is 5.27. The molecule has 1 saturated heterocycles. The summed E-state index contributed by atoms with van der Waals surface area (Å²) < 4.78 is 11.3. The van der Waals surface area contributed by atoms with Crippen LogP contribution in [0.25, 0.3) is 0 Å². The van der Waals surface area contributed by atoms with Gasteiger partial charge in [-0.2, -0.15) is 0 Å². The van der Waals surface area contributed by atoms with E-state index in [0.29, 0.717) is 18.2 Å². The molecule has 1 amide bonds. The molecule has 6 heteroatoms. The Morgan fingerprint density at radius 2 is 1.90 bits per heavy atom. The Balaban J connectivity index is 1.50. The second kappa shape index (κ2) is 10.1. The Labute approximate surface area is 177 Å². The minimum atomic E-state index is -0.642. The van der Waals surface area contributed by atoms with Crippen LogP contribution in [-0.4, -0.2) is 50.3 Å². The van der Waals surface area contributed by atoms with E-state index in [1.54, 1.807) is 0 Å². The molecule has 1 aliphatic rings. The molecule has 156 valence electrons. The van der Waals surface area contributed by atoms with E-state index < -0.39 is 5.41 Å². The molecule has 0 aliphatic carbocycles. The van der Waals surface area contributed by atoms with E-state index in [-0.39, 0.29) is 5.91 Å². The largest absolute Gasteiger partial charge is 0.492 e. The zero-order valence-electron chi connectivity index (χ0n) is 17.1. The van der Waals surface area contributed by atoms with Crippen molar-refractivity contribution >= 4 is 17.5 Å². The van der Waals surface area contributed by atoms with Crippen LogP contribution in [0.3, 0.4) is 0 Å². The van der Waals surface area contributed by atoms with Crippen LogP contribution in [0.4, 0.5) is 0 Å². The number of halogens is 1. The van der Waals surface area contributed by atoms with Crippen LogP contribution in [-0.2, 0) is 21.5 Å². The fraction of sp³-hybridized carbons (Fsp3) is 0.435. The van der Waals surface area contributed by atoms with Crippen molar-refractivity contribution in [3.05, 3.63) is 64.7 Å². The third kappa shape index (κ3) is 6.20. The van der Waals surface area contributed by atoms with Crippen LogP contribution in [0.15, 0.2) is 48.5 Å². The molecule has 1 heterocycles. The molecule has 5 nitrogen and oxygen atoms in total. The van der Waals surface area contributed by atoms with E-state index in [2.05, 4.69) is 10.2 Å². The van der Waals surface area contributed by atoms with Gasteiger partial charge in [0.25, 0.3) is 0 Å². The number of hydrogen-bond acceptors (Lipinski definition) is 4. The number of amides is 1. The third-order valence-corrected chi connectivity index (χ3v) is 5.52. The molecule has 1 N–H and O–H groups in total. The van der Waals surface area contributed by atoms with E-state index in [1.165, 1.54) is 0 Å². The number of hydrogen-bond donors (Lipinski definition) is 1. The predicted molar refractivity (Wildman–Crippen MR) is 116 cm³/mol. The van der Waals surface area contributed by atoms with Gasteiger partial charge in [-0.1, -0.05) is 35.9 Å². The lowest BCUT2D eigenvalue weighted by Crippen LogP contribution is -2.39. The summed E-state index contributed by atoms with van der Waals surface area (Å²) in [6.45, 7) is 9.31. The molecule has 0 radical (unpaired) electrons. The number of ether oxygens (including phenoxy) is 2. The van der Waals surface area contributed by atoms with Crippen molar-refractivity contribution in [2.45, 2.75) is 25.8 Å². The second-order valence-corrected chi connectivity index (χ2v) is 8.20. The Morgan fingerprint density at radius 3 is 2.62 bits per heavy atom. The lowest BCUT2D eigenvalue weighted by atomic mass is 9.83. The molecule has 2 aromatic rings. The summed E-state index contributed by atoms with van der Waals surface area (Å²) in [5.41, 5.74) is 1.30. The first-order chi connectivity index (χ1) is 13.9. The number of rotatable bonds is 8. The molecule has 3 rings (SSSR count). The molecule has 2 aromatic carbocycles. The van der Waals surface area contributed by atoms with Gasteiger partial charge in [-0.05, 0) is 49.2 Å². The number of carbonyl (C=O) groups is 1. The fourth-order valence-electron chi connectivity index (χ4n) is 3.26. The quantitative estimate of drug-likeness (QED) is 0.713. The highest BCUT2D eigenvalue weighted by Gasteiger charge is 2.29. The SMILES string of the molecule is CC(C)(C(=O)NCc1cccc(OCCN2CCOCC2)c1)c1ccc(Cl)cc1. The molecule has 0 bridgehead atoms. The number of carbonyl (C=O) groups excluding carboxylic acids is 1. The smallest absolute Gasteiger partial charge is 0.230 e. The maximum Gasteiger partial charge on any atom is 0.230 e. The molecular formula is C23H29ClN2O3. The van der Waals surface area contributed by atoms with Gasteiger partial charge in [0.15, 0.2) is 0 Å². The summed E-state index contributed by atoms with van der Waals surface area (Å²) >= 11 is 5.96. The summed E-state index contributed by atoms with van der Waals surface area (Å²) in [4.78, 5) is 15.1. The van der Waals surface area contributed by atoms with Crippen LogP contribution in [0.1, 0.15) is 25.0 Å².